The Morgan fingerprint density at radius 2 is 1.90 bits per heavy atom. The van der Waals surface area contributed by atoms with E-state index in [1.165, 1.54) is 23.9 Å². The minimum atomic E-state index is -0.593. The van der Waals surface area contributed by atoms with Gasteiger partial charge in [0.1, 0.15) is 17.4 Å². The fourth-order valence-corrected chi connectivity index (χ4v) is 2.99. The van der Waals surface area contributed by atoms with Crippen LogP contribution in [0.25, 0.3) is 0 Å². The SMILES string of the molecule is COc1cccc(Sc2ccc(F)cc2F)c1[C@@H](C)N. The lowest BCUT2D eigenvalue weighted by Gasteiger charge is -2.16. The molecule has 2 aromatic rings. The topological polar surface area (TPSA) is 35.2 Å². The molecule has 0 saturated heterocycles. The van der Waals surface area contributed by atoms with Crippen molar-refractivity contribution in [1.82, 2.24) is 0 Å². The molecular weight excluding hydrogens is 280 g/mol. The molecule has 0 spiro atoms. The van der Waals surface area contributed by atoms with Crippen LogP contribution >= 0.6 is 11.8 Å². The van der Waals surface area contributed by atoms with Gasteiger partial charge >= 0.3 is 0 Å². The molecule has 5 heteroatoms. The predicted octanol–water partition coefficient (Wildman–Crippen LogP) is 4.14. The summed E-state index contributed by atoms with van der Waals surface area (Å²) in [5.74, 6) is -0.522. The summed E-state index contributed by atoms with van der Waals surface area (Å²) in [4.78, 5) is 1.14. The number of ether oxygens (including phenoxy) is 1. The fourth-order valence-electron chi connectivity index (χ4n) is 1.92. The molecule has 1 atom stereocenters. The molecule has 2 aromatic carbocycles. The minimum absolute atomic E-state index is 0.253. The van der Waals surface area contributed by atoms with Crippen molar-refractivity contribution < 1.29 is 13.5 Å². The molecule has 106 valence electrons. The van der Waals surface area contributed by atoms with Crippen LogP contribution in [0.3, 0.4) is 0 Å². The first-order chi connectivity index (χ1) is 9.52. The lowest BCUT2D eigenvalue weighted by molar-refractivity contribution is 0.405. The molecule has 0 amide bonds. The van der Waals surface area contributed by atoms with Crippen LogP contribution in [0.15, 0.2) is 46.2 Å². The van der Waals surface area contributed by atoms with Gasteiger partial charge in [-0.3, -0.25) is 0 Å². The zero-order valence-electron chi connectivity index (χ0n) is 11.2. The predicted molar refractivity (Wildman–Crippen MR) is 76.1 cm³/mol. The van der Waals surface area contributed by atoms with Gasteiger partial charge in [0.05, 0.1) is 7.11 Å². The van der Waals surface area contributed by atoms with E-state index in [-0.39, 0.29) is 6.04 Å². The van der Waals surface area contributed by atoms with Crippen LogP contribution in [0.4, 0.5) is 8.78 Å². The zero-order chi connectivity index (χ0) is 14.7. The van der Waals surface area contributed by atoms with E-state index >= 15 is 0 Å². The average Bonchev–Trinajstić information content (AvgIpc) is 2.41. The molecule has 0 bridgehead atoms. The van der Waals surface area contributed by atoms with E-state index in [9.17, 15) is 8.78 Å². The summed E-state index contributed by atoms with van der Waals surface area (Å²) in [5.41, 5.74) is 6.77. The normalized spacial score (nSPS) is 12.2. The van der Waals surface area contributed by atoms with Gasteiger partial charge < -0.3 is 10.5 Å². The van der Waals surface area contributed by atoms with E-state index < -0.39 is 11.6 Å². The third-order valence-corrected chi connectivity index (χ3v) is 3.94. The standard InChI is InChI=1S/C15H15F2NOS/c1-9(18)15-12(19-2)4-3-5-14(15)20-13-7-6-10(16)8-11(13)17/h3-9H,18H2,1-2H3/t9-/m1/s1. The quantitative estimate of drug-likeness (QED) is 0.920. The first kappa shape index (κ1) is 14.8. The van der Waals surface area contributed by atoms with Gasteiger partial charge in [0, 0.05) is 27.5 Å². The Labute approximate surface area is 120 Å². The maximum atomic E-state index is 13.7. The third kappa shape index (κ3) is 3.11. The Hall–Kier alpha value is -1.59. The Morgan fingerprint density at radius 3 is 2.50 bits per heavy atom. The highest BCUT2D eigenvalue weighted by Crippen LogP contribution is 2.38. The highest BCUT2D eigenvalue weighted by molar-refractivity contribution is 7.99. The second-order valence-corrected chi connectivity index (χ2v) is 5.42. The van der Waals surface area contributed by atoms with Crippen LogP contribution in [-0.4, -0.2) is 7.11 Å². The van der Waals surface area contributed by atoms with Gasteiger partial charge in [-0.05, 0) is 31.2 Å². The molecular formula is C15H15F2NOS. The van der Waals surface area contributed by atoms with Gasteiger partial charge in [-0.25, -0.2) is 8.78 Å². The molecule has 0 radical (unpaired) electrons. The van der Waals surface area contributed by atoms with Gasteiger partial charge in [-0.1, -0.05) is 17.8 Å². The first-order valence-corrected chi connectivity index (χ1v) is 6.90. The molecule has 0 aliphatic carbocycles. The number of rotatable bonds is 4. The monoisotopic (exact) mass is 295 g/mol. The van der Waals surface area contributed by atoms with Crippen molar-refractivity contribution in [3.63, 3.8) is 0 Å². The summed E-state index contributed by atoms with van der Waals surface area (Å²) < 4.78 is 31.9. The van der Waals surface area contributed by atoms with E-state index in [0.717, 1.165) is 16.5 Å². The van der Waals surface area contributed by atoms with Crippen molar-refractivity contribution in [2.45, 2.75) is 22.8 Å². The Morgan fingerprint density at radius 1 is 1.15 bits per heavy atom. The van der Waals surface area contributed by atoms with Crippen LogP contribution in [0.2, 0.25) is 0 Å². The Kier molecular flexibility index (Phi) is 4.62. The fraction of sp³-hybridized carbons (Fsp3) is 0.200. The molecule has 0 fully saturated rings. The van der Waals surface area contributed by atoms with Crippen LogP contribution in [-0.2, 0) is 0 Å². The van der Waals surface area contributed by atoms with Crippen LogP contribution in [0.5, 0.6) is 5.75 Å². The van der Waals surface area contributed by atoms with Crippen molar-refractivity contribution in [2.24, 2.45) is 5.73 Å². The second kappa shape index (κ2) is 6.24. The summed E-state index contributed by atoms with van der Waals surface area (Å²) in [5, 5.41) is 0. The molecule has 2 rings (SSSR count). The lowest BCUT2D eigenvalue weighted by Crippen LogP contribution is -2.08. The van der Waals surface area contributed by atoms with Gasteiger partial charge in [0.2, 0.25) is 0 Å². The molecule has 0 aromatic heterocycles. The van der Waals surface area contributed by atoms with Crippen molar-refractivity contribution in [1.29, 1.82) is 0 Å². The van der Waals surface area contributed by atoms with Gasteiger partial charge in [-0.2, -0.15) is 0 Å². The number of hydrogen-bond acceptors (Lipinski definition) is 3. The summed E-state index contributed by atoms with van der Waals surface area (Å²) in [6, 6.07) is 8.73. The molecule has 0 unspecified atom stereocenters. The van der Waals surface area contributed by atoms with Gasteiger partial charge in [0.25, 0.3) is 0 Å². The summed E-state index contributed by atoms with van der Waals surface area (Å²) in [6.07, 6.45) is 0. The lowest BCUT2D eigenvalue weighted by atomic mass is 10.1. The number of halogens is 2. The molecule has 0 aliphatic rings. The van der Waals surface area contributed by atoms with E-state index in [1.54, 1.807) is 7.11 Å². The second-order valence-electron chi connectivity index (χ2n) is 4.34. The largest absolute Gasteiger partial charge is 0.496 e. The van der Waals surface area contributed by atoms with E-state index in [2.05, 4.69) is 0 Å². The summed E-state index contributed by atoms with van der Waals surface area (Å²) >= 11 is 1.21. The molecule has 20 heavy (non-hydrogen) atoms. The van der Waals surface area contributed by atoms with Gasteiger partial charge in [-0.15, -0.1) is 0 Å². The van der Waals surface area contributed by atoms with Gasteiger partial charge in [0.15, 0.2) is 0 Å². The molecule has 2 nitrogen and oxygen atoms in total. The van der Waals surface area contributed by atoms with Crippen LogP contribution in [0, 0.1) is 11.6 Å². The van der Waals surface area contributed by atoms with E-state index in [1.807, 2.05) is 25.1 Å². The summed E-state index contributed by atoms with van der Waals surface area (Å²) in [7, 11) is 1.56. The maximum absolute atomic E-state index is 13.7. The van der Waals surface area contributed by atoms with E-state index in [0.29, 0.717) is 10.6 Å². The zero-order valence-corrected chi connectivity index (χ0v) is 12.0. The molecule has 0 aliphatic heterocycles. The van der Waals surface area contributed by atoms with E-state index in [4.69, 9.17) is 10.5 Å². The van der Waals surface area contributed by atoms with Crippen LogP contribution < -0.4 is 10.5 Å². The first-order valence-electron chi connectivity index (χ1n) is 6.08. The average molecular weight is 295 g/mol. The maximum Gasteiger partial charge on any atom is 0.140 e. The molecule has 0 heterocycles. The number of methoxy groups -OCH3 is 1. The highest BCUT2D eigenvalue weighted by atomic mass is 32.2. The smallest absolute Gasteiger partial charge is 0.140 e. The van der Waals surface area contributed by atoms with Crippen molar-refractivity contribution in [2.75, 3.05) is 7.11 Å². The number of nitrogens with two attached hydrogens (primary N) is 1. The number of hydrogen-bond donors (Lipinski definition) is 1. The Bertz CT molecular complexity index is 617. The Balaban J connectivity index is 2.43. The summed E-state index contributed by atoms with van der Waals surface area (Å²) in [6.45, 7) is 1.84. The van der Waals surface area contributed by atoms with Crippen LogP contribution in [0.1, 0.15) is 18.5 Å². The highest BCUT2D eigenvalue weighted by Gasteiger charge is 2.15. The van der Waals surface area contributed by atoms with Crippen molar-refractivity contribution >= 4 is 11.8 Å². The molecule has 2 N–H and O–H groups in total. The minimum Gasteiger partial charge on any atom is -0.496 e. The third-order valence-electron chi connectivity index (χ3n) is 2.82. The van der Waals surface area contributed by atoms with Crippen molar-refractivity contribution in [3.05, 3.63) is 53.6 Å². The van der Waals surface area contributed by atoms with Crippen molar-refractivity contribution in [3.8, 4) is 5.75 Å². The molecule has 0 saturated carbocycles. The number of benzene rings is 2.